The Bertz CT molecular complexity index is 583. The number of halogens is 1. The van der Waals surface area contributed by atoms with Gasteiger partial charge >= 0.3 is 0 Å². The molecule has 0 heterocycles. The number of carbonyl (C=O) groups is 1. The molecule has 2 nitrogen and oxygen atoms in total. The van der Waals surface area contributed by atoms with E-state index in [0.29, 0.717) is 5.56 Å². The highest BCUT2D eigenvalue weighted by Crippen LogP contribution is 2.30. The Labute approximate surface area is 121 Å². The number of carbonyl (C=O) groups excluding carboxylic acids is 1. The van der Waals surface area contributed by atoms with Crippen molar-refractivity contribution in [2.24, 2.45) is 0 Å². The smallest absolute Gasteiger partial charge is 0.166 e. The van der Waals surface area contributed by atoms with E-state index >= 15 is 0 Å². The highest BCUT2D eigenvalue weighted by molar-refractivity contribution is 7.99. The number of rotatable bonds is 5. The highest BCUT2D eigenvalue weighted by atomic mass is 32.2. The molecule has 0 bridgehead atoms. The number of hydrogen-bond donors (Lipinski definition) is 1. The molecule has 1 atom stereocenters. The number of benzene rings is 2. The zero-order valence-electron chi connectivity index (χ0n) is 11.0. The van der Waals surface area contributed by atoms with E-state index in [2.05, 4.69) is 0 Å². The molecule has 0 aromatic heterocycles. The lowest BCUT2D eigenvalue weighted by atomic mass is 9.92. The quantitative estimate of drug-likeness (QED) is 0.858. The molecule has 0 fully saturated rings. The van der Waals surface area contributed by atoms with E-state index in [9.17, 15) is 14.3 Å². The molecule has 104 valence electrons. The summed E-state index contributed by atoms with van der Waals surface area (Å²) in [5.41, 5.74) is -0.956. The molecular weight excluding hydrogens is 275 g/mol. The average Bonchev–Trinajstić information content (AvgIpc) is 2.47. The lowest BCUT2D eigenvalue weighted by Gasteiger charge is -2.25. The maximum Gasteiger partial charge on any atom is 0.166 e. The van der Waals surface area contributed by atoms with Crippen LogP contribution in [0.1, 0.15) is 12.5 Å². The molecule has 0 unspecified atom stereocenters. The Kier molecular flexibility index (Phi) is 4.57. The van der Waals surface area contributed by atoms with Crippen molar-refractivity contribution in [3.8, 4) is 0 Å². The van der Waals surface area contributed by atoms with Crippen LogP contribution in [0.2, 0.25) is 0 Å². The highest BCUT2D eigenvalue weighted by Gasteiger charge is 2.34. The average molecular weight is 290 g/mol. The van der Waals surface area contributed by atoms with E-state index in [4.69, 9.17) is 0 Å². The maximum atomic E-state index is 12.8. The number of thioether (sulfide) groups is 1. The fraction of sp³-hybridized carbons (Fsp3) is 0.188. The Morgan fingerprint density at radius 3 is 2.30 bits per heavy atom. The van der Waals surface area contributed by atoms with Gasteiger partial charge in [0.2, 0.25) is 0 Å². The van der Waals surface area contributed by atoms with Gasteiger partial charge in [-0.1, -0.05) is 30.3 Å². The Morgan fingerprint density at radius 2 is 1.75 bits per heavy atom. The van der Waals surface area contributed by atoms with Crippen LogP contribution in [-0.4, -0.2) is 16.6 Å². The van der Waals surface area contributed by atoms with Crippen LogP contribution >= 0.6 is 11.8 Å². The van der Waals surface area contributed by atoms with E-state index in [0.717, 1.165) is 4.90 Å². The molecule has 0 spiro atoms. The third-order valence-corrected chi connectivity index (χ3v) is 4.26. The molecule has 0 aliphatic heterocycles. The first-order valence-electron chi connectivity index (χ1n) is 6.20. The van der Waals surface area contributed by atoms with Crippen LogP contribution in [-0.2, 0) is 10.4 Å². The molecule has 4 heteroatoms. The molecule has 0 saturated heterocycles. The summed E-state index contributed by atoms with van der Waals surface area (Å²) in [6.07, 6.45) is 0. The predicted molar refractivity (Wildman–Crippen MR) is 78.1 cm³/mol. The minimum atomic E-state index is -1.53. The van der Waals surface area contributed by atoms with Crippen molar-refractivity contribution in [1.82, 2.24) is 0 Å². The third kappa shape index (κ3) is 3.26. The number of hydrogen-bond acceptors (Lipinski definition) is 3. The van der Waals surface area contributed by atoms with E-state index in [1.54, 1.807) is 36.4 Å². The van der Waals surface area contributed by atoms with Crippen LogP contribution < -0.4 is 0 Å². The van der Waals surface area contributed by atoms with Gasteiger partial charge in [0.25, 0.3) is 0 Å². The zero-order chi connectivity index (χ0) is 14.6. The van der Waals surface area contributed by atoms with Gasteiger partial charge in [-0.25, -0.2) is 4.39 Å². The van der Waals surface area contributed by atoms with Gasteiger partial charge in [-0.15, -0.1) is 11.8 Å². The molecule has 0 radical (unpaired) electrons. The van der Waals surface area contributed by atoms with Crippen molar-refractivity contribution >= 4 is 17.5 Å². The van der Waals surface area contributed by atoms with E-state index in [-0.39, 0.29) is 17.4 Å². The first-order valence-corrected chi connectivity index (χ1v) is 7.18. The van der Waals surface area contributed by atoms with Crippen LogP contribution in [0, 0.1) is 5.82 Å². The molecule has 1 N–H and O–H groups in total. The molecule has 0 saturated carbocycles. The van der Waals surface area contributed by atoms with Crippen molar-refractivity contribution in [1.29, 1.82) is 0 Å². The summed E-state index contributed by atoms with van der Waals surface area (Å²) in [6.45, 7) is 1.37. The SMILES string of the molecule is CC(=O)[C@@](O)(CSc1ccc(F)cc1)c1ccccc1. The fourth-order valence-corrected chi connectivity index (χ4v) is 2.89. The van der Waals surface area contributed by atoms with Crippen LogP contribution in [0.15, 0.2) is 59.5 Å². The minimum Gasteiger partial charge on any atom is -0.376 e. The second-order valence-electron chi connectivity index (χ2n) is 4.53. The monoisotopic (exact) mass is 290 g/mol. The second-order valence-corrected chi connectivity index (χ2v) is 5.57. The summed E-state index contributed by atoms with van der Waals surface area (Å²) < 4.78 is 12.8. The number of Topliss-reactive ketones (excluding diaryl/α,β-unsaturated/α-hetero) is 1. The predicted octanol–water partition coefficient (Wildman–Crippen LogP) is 3.39. The molecule has 0 aliphatic carbocycles. The van der Waals surface area contributed by atoms with E-state index in [1.807, 2.05) is 6.07 Å². The summed E-state index contributed by atoms with van der Waals surface area (Å²) in [5, 5.41) is 10.6. The normalized spacial score (nSPS) is 13.8. The summed E-state index contributed by atoms with van der Waals surface area (Å²) >= 11 is 1.32. The van der Waals surface area contributed by atoms with Crippen LogP contribution in [0.4, 0.5) is 4.39 Å². The lowest BCUT2D eigenvalue weighted by molar-refractivity contribution is -0.133. The van der Waals surface area contributed by atoms with Crippen LogP contribution in [0.3, 0.4) is 0 Å². The molecule has 2 aromatic rings. The largest absolute Gasteiger partial charge is 0.376 e. The van der Waals surface area contributed by atoms with Gasteiger partial charge in [-0.2, -0.15) is 0 Å². The van der Waals surface area contributed by atoms with Gasteiger partial charge in [-0.05, 0) is 36.8 Å². The van der Waals surface area contributed by atoms with Gasteiger partial charge in [0.1, 0.15) is 5.82 Å². The van der Waals surface area contributed by atoms with Gasteiger partial charge < -0.3 is 5.11 Å². The summed E-state index contributed by atoms with van der Waals surface area (Å²) in [7, 11) is 0. The fourth-order valence-electron chi connectivity index (χ4n) is 1.82. The van der Waals surface area contributed by atoms with Gasteiger partial charge in [-0.3, -0.25) is 4.79 Å². The summed E-state index contributed by atoms with van der Waals surface area (Å²) in [4.78, 5) is 12.6. The van der Waals surface area contributed by atoms with Crippen molar-refractivity contribution < 1.29 is 14.3 Å². The third-order valence-electron chi connectivity index (χ3n) is 3.10. The zero-order valence-corrected chi connectivity index (χ0v) is 11.9. The molecule has 20 heavy (non-hydrogen) atoms. The van der Waals surface area contributed by atoms with Crippen molar-refractivity contribution in [3.63, 3.8) is 0 Å². The maximum absolute atomic E-state index is 12.8. The van der Waals surface area contributed by atoms with Crippen LogP contribution in [0.25, 0.3) is 0 Å². The van der Waals surface area contributed by atoms with Crippen molar-refractivity contribution in [2.45, 2.75) is 17.4 Å². The standard InChI is InChI=1S/C16H15FO2S/c1-12(18)16(19,13-5-3-2-4-6-13)11-20-15-9-7-14(17)8-10-15/h2-10,19H,11H2,1H3/t16-/m0/s1. The van der Waals surface area contributed by atoms with Crippen molar-refractivity contribution in [2.75, 3.05) is 5.75 Å². The molecule has 0 aliphatic rings. The molecule has 2 aromatic carbocycles. The molecular formula is C16H15FO2S. The Balaban J connectivity index is 2.18. The first kappa shape index (κ1) is 14.8. The van der Waals surface area contributed by atoms with Crippen LogP contribution in [0.5, 0.6) is 0 Å². The Hall–Kier alpha value is -1.65. The molecule has 2 rings (SSSR count). The first-order chi connectivity index (χ1) is 9.52. The second kappa shape index (κ2) is 6.20. The van der Waals surface area contributed by atoms with E-state index < -0.39 is 5.60 Å². The van der Waals surface area contributed by atoms with E-state index in [1.165, 1.54) is 30.8 Å². The number of ketones is 1. The van der Waals surface area contributed by atoms with Crippen molar-refractivity contribution in [3.05, 3.63) is 66.0 Å². The Morgan fingerprint density at radius 1 is 1.15 bits per heavy atom. The number of aliphatic hydroxyl groups is 1. The van der Waals surface area contributed by atoms with Gasteiger partial charge in [0.05, 0.1) is 0 Å². The molecule has 0 amide bonds. The minimum absolute atomic E-state index is 0.192. The summed E-state index contributed by atoms with van der Waals surface area (Å²) in [5.74, 6) is -0.421. The topological polar surface area (TPSA) is 37.3 Å². The van der Waals surface area contributed by atoms with Gasteiger partial charge in [0, 0.05) is 10.6 Å². The van der Waals surface area contributed by atoms with Gasteiger partial charge in [0.15, 0.2) is 11.4 Å². The lowest BCUT2D eigenvalue weighted by Crippen LogP contribution is -2.36. The summed E-state index contributed by atoms with van der Waals surface area (Å²) in [6, 6.07) is 14.8.